The molecule has 13 heavy (non-hydrogen) atoms. The van der Waals surface area contributed by atoms with Crippen LogP contribution in [0.3, 0.4) is 0 Å². The lowest BCUT2D eigenvalue weighted by Crippen LogP contribution is -2.05. The molecule has 0 unspecified atom stereocenters. The van der Waals surface area contributed by atoms with Crippen LogP contribution in [0.25, 0.3) is 0 Å². The third-order valence-corrected chi connectivity index (χ3v) is 1.19. The van der Waals surface area contributed by atoms with E-state index in [1.807, 2.05) is 0 Å². The lowest BCUT2D eigenvalue weighted by molar-refractivity contribution is -0.137. The second-order valence-electron chi connectivity index (χ2n) is 2.09. The molecule has 2 N–H and O–H groups in total. The first-order valence-electron chi connectivity index (χ1n) is 6.01. The van der Waals surface area contributed by atoms with Crippen LogP contribution in [0.15, 0.2) is 18.1 Å². The highest BCUT2D eigenvalue weighted by Crippen LogP contribution is 2.33. The van der Waals surface area contributed by atoms with Crippen molar-refractivity contribution in [3.8, 4) is 5.75 Å². The summed E-state index contributed by atoms with van der Waals surface area (Å²) in [5.41, 5.74) is 2.68. The quantitative estimate of drug-likeness (QED) is 0.701. The Hall–Kier alpha value is -1.39. The Morgan fingerprint density at radius 3 is 2.77 bits per heavy atom. The minimum Gasteiger partial charge on any atom is -0.495 e. The average molecular weight is 197 g/mol. The number of anilines is 1. The van der Waals surface area contributed by atoms with Crippen molar-refractivity contribution in [3.05, 3.63) is 23.7 Å². The lowest BCUT2D eigenvalue weighted by Gasteiger charge is -2.09. The van der Waals surface area contributed by atoms with Gasteiger partial charge < -0.3 is 10.5 Å². The predicted octanol–water partition coefficient (Wildman–Crippen LogP) is 2.30. The normalized spacial score (nSPS) is 19.0. The number of rotatable bonds is 1. The van der Waals surface area contributed by atoms with Gasteiger partial charge in [-0.2, -0.15) is 13.2 Å². The summed E-state index contributed by atoms with van der Waals surface area (Å²) in [7, 11) is -3.12. The summed E-state index contributed by atoms with van der Waals surface area (Å²) in [5.74, 6) is -1.08. The molecule has 0 amide bonds. The Morgan fingerprint density at radius 2 is 2.23 bits per heavy atom. The molecule has 0 aliphatic carbocycles. The Bertz CT molecular complexity index is 513. The van der Waals surface area contributed by atoms with Gasteiger partial charge in [0.2, 0.25) is 0 Å². The monoisotopic (exact) mass is 197 g/mol. The topological polar surface area (TPSA) is 35.2 Å². The van der Waals surface area contributed by atoms with Gasteiger partial charge in [-0.1, -0.05) is 0 Å². The molecule has 0 heterocycles. The molecule has 1 aromatic rings. The molecule has 0 saturated carbocycles. The van der Waals surface area contributed by atoms with Crippen LogP contribution >= 0.6 is 0 Å². The summed E-state index contributed by atoms with van der Waals surface area (Å²) in [6, 6.07) is -3.71. The lowest BCUT2D eigenvalue weighted by atomic mass is 10.2. The van der Waals surface area contributed by atoms with Crippen LogP contribution in [0, 0.1) is 0 Å². The van der Waals surface area contributed by atoms with Gasteiger partial charge in [-0.25, -0.2) is 0 Å². The van der Waals surface area contributed by atoms with E-state index in [-0.39, 0.29) is 0 Å². The molecule has 1 rings (SSSR count). The van der Waals surface area contributed by atoms with Gasteiger partial charge in [0.15, 0.2) is 0 Å². The summed E-state index contributed by atoms with van der Waals surface area (Å²) >= 11 is 0. The first-order chi connectivity index (χ1) is 8.36. The van der Waals surface area contributed by atoms with Crippen molar-refractivity contribution < 1.29 is 26.1 Å². The molecule has 0 saturated heterocycles. The van der Waals surface area contributed by atoms with Gasteiger partial charge in [0.25, 0.3) is 0 Å². The highest BCUT2D eigenvalue weighted by molar-refractivity contribution is 5.54. The zero-order valence-corrected chi connectivity index (χ0v) is 6.12. The smallest absolute Gasteiger partial charge is 0.416 e. The van der Waals surface area contributed by atoms with Crippen LogP contribution in [0.1, 0.15) is 13.8 Å². The molecule has 0 radical (unpaired) electrons. The Kier molecular flexibility index (Phi) is 1.02. The number of ether oxygens (including phenoxy) is 1. The van der Waals surface area contributed by atoms with Crippen molar-refractivity contribution in [1.29, 1.82) is 0 Å². The van der Waals surface area contributed by atoms with Gasteiger partial charge in [-0.05, 0) is 18.1 Å². The van der Waals surface area contributed by atoms with Crippen LogP contribution in [-0.2, 0) is 6.18 Å². The van der Waals surface area contributed by atoms with Crippen LogP contribution < -0.4 is 10.5 Å². The van der Waals surface area contributed by atoms with Gasteiger partial charge in [0.1, 0.15) is 5.75 Å². The van der Waals surface area contributed by atoms with Crippen molar-refractivity contribution in [1.82, 2.24) is 0 Å². The van der Waals surface area contributed by atoms with Crippen LogP contribution in [0.2, 0.25) is 0 Å². The third-order valence-electron chi connectivity index (χ3n) is 1.19. The number of nitrogen functional groups attached to an aromatic ring is 1. The summed E-state index contributed by atoms with van der Waals surface area (Å²) in [6.45, 7) is 0. The maximum absolute atomic E-state index is 12.7. The van der Waals surface area contributed by atoms with Gasteiger partial charge >= 0.3 is 6.18 Å². The first-order valence-corrected chi connectivity index (χ1v) is 3.01. The minimum absolute atomic E-state index is 0.792. The molecular weight excluding hydrogens is 183 g/mol. The highest BCUT2D eigenvalue weighted by atomic mass is 19.4. The molecule has 1 aromatic carbocycles. The molecule has 0 aliphatic heterocycles. The van der Waals surface area contributed by atoms with E-state index in [0.717, 1.165) is 0 Å². The molecule has 0 aromatic heterocycles. The zero-order chi connectivity index (χ0) is 15.2. The molecule has 0 atom stereocenters. The summed E-state index contributed by atoms with van der Waals surface area (Å²) in [4.78, 5) is 0. The van der Waals surface area contributed by atoms with Crippen molar-refractivity contribution >= 4 is 5.69 Å². The molecule has 72 valence electrons. The number of halogens is 3. The Labute approximate surface area is 81.5 Å². The van der Waals surface area contributed by atoms with E-state index in [1.165, 1.54) is 0 Å². The number of hydrogen-bond acceptors (Lipinski definition) is 2. The Balaban J connectivity index is 3.62. The van der Waals surface area contributed by atoms with E-state index in [9.17, 15) is 13.2 Å². The highest BCUT2D eigenvalue weighted by Gasteiger charge is 2.30. The maximum Gasteiger partial charge on any atom is 0.416 e. The van der Waals surface area contributed by atoms with Crippen LogP contribution in [0.5, 0.6) is 5.75 Å². The molecule has 0 fully saturated rings. The summed E-state index contributed by atoms with van der Waals surface area (Å²) < 4.78 is 84.3. The first kappa shape index (κ1) is 4.21. The van der Waals surface area contributed by atoms with Crippen molar-refractivity contribution in [2.24, 2.45) is 0 Å². The van der Waals surface area contributed by atoms with E-state index in [0.29, 0.717) is 0 Å². The van der Waals surface area contributed by atoms with Gasteiger partial charge in [0, 0.05) is 0 Å². The Morgan fingerprint density at radius 1 is 1.54 bits per heavy atom. The van der Waals surface area contributed by atoms with Crippen LogP contribution in [-0.4, -0.2) is 7.04 Å². The fraction of sp³-hybridized carbons (Fsp3) is 0.250. The largest absolute Gasteiger partial charge is 0.495 e. The second kappa shape index (κ2) is 3.16. The van der Waals surface area contributed by atoms with Gasteiger partial charge in [0.05, 0.1) is 26.5 Å². The fourth-order valence-corrected chi connectivity index (χ4v) is 0.621. The number of alkyl halides is 3. The number of methoxy groups -OCH3 is 1. The van der Waals surface area contributed by atoms with E-state index in [1.54, 1.807) is 0 Å². The number of nitrogens with two attached hydrogens (primary N) is 1. The summed E-state index contributed by atoms with van der Waals surface area (Å²) in [5, 5.41) is 0. The summed E-state index contributed by atoms with van der Waals surface area (Å²) in [6.07, 6.45) is -5.09. The fourth-order valence-electron chi connectivity index (χ4n) is 0.621. The predicted molar refractivity (Wildman–Crippen MR) is 42.4 cm³/mol. The van der Waals surface area contributed by atoms with Crippen molar-refractivity contribution in [2.75, 3.05) is 12.8 Å². The molecule has 0 spiro atoms. The average Bonchev–Trinajstić information content (AvgIpc) is 2.18. The molecule has 5 heteroatoms. The molecule has 0 bridgehead atoms. The maximum atomic E-state index is 12.7. The van der Waals surface area contributed by atoms with E-state index in [4.69, 9.17) is 14.0 Å². The van der Waals surface area contributed by atoms with E-state index in [2.05, 4.69) is 4.74 Å². The third kappa shape index (κ3) is 2.05. The molecule has 0 aliphatic rings. The second-order valence-corrected chi connectivity index (χ2v) is 2.09. The number of hydrogen-bond donors (Lipinski definition) is 1. The van der Waals surface area contributed by atoms with E-state index >= 15 is 0 Å². The van der Waals surface area contributed by atoms with Gasteiger partial charge in [-0.15, -0.1) is 0 Å². The van der Waals surface area contributed by atoms with Gasteiger partial charge in [-0.3, -0.25) is 0 Å². The van der Waals surface area contributed by atoms with E-state index < -0.39 is 48.3 Å². The SMILES string of the molecule is [2H]c1c([2H])c(C(F)(F)F)c([2H])c(OC([2H])([2H])[2H])c1N. The standard InChI is InChI=1S/C8H8F3NO/c1-13-7-4-5(8(9,10)11)2-3-6(7)12/h2-4H,12H2,1H3/i1D3,2D,3D,4D. The molecular formula is C8H8F3NO. The molecule has 2 nitrogen and oxygen atoms in total. The van der Waals surface area contributed by atoms with Crippen LogP contribution in [0.4, 0.5) is 18.9 Å². The number of benzene rings is 1. The minimum atomic E-state index is -5.09. The van der Waals surface area contributed by atoms with Crippen molar-refractivity contribution in [3.63, 3.8) is 0 Å². The zero-order valence-electron chi connectivity index (χ0n) is 12.1. The van der Waals surface area contributed by atoms with Crippen molar-refractivity contribution in [2.45, 2.75) is 6.18 Å².